The van der Waals surface area contributed by atoms with Gasteiger partial charge in [0.2, 0.25) is 5.95 Å². The fourth-order valence-corrected chi connectivity index (χ4v) is 0.618. The van der Waals surface area contributed by atoms with Crippen molar-refractivity contribution in [3.05, 3.63) is 10.5 Å². The Balaban J connectivity index is 3.01. The van der Waals surface area contributed by atoms with Gasteiger partial charge in [-0.1, -0.05) is 0 Å². The Morgan fingerprint density at radius 3 is 2.82 bits per heavy atom. The van der Waals surface area contributed by atoms with Gasteiger partial charge < -0.3 is 10.8 Å². The van der Waals surface area contributed by atoms with Crippen LogP contribution in [0.25, 0.3) is 0 Å². The molecule has 60 valence electrons. The van der Waals surface area contributed by atoms with Gasteiger partial charge in [0, 0.05) is 0 Å². The molecule has 0 bridgehead atoms. The van der Waals surface area contributed by atoms with Crippen LogP contribution in [0.5, 0.6) is 0 Å². The number of aromatic amines is 1. The second kappa shape index (κ2) is 2.45. The molecule has 1 heterocycles. The number of nitrogens with one attached hydrogen (secondary N) is 1. The lowest BCUT2D eigenvalue weighted by molar-refractivity contribution is -0.137. The molecule has 1 aromatic rings. The molecule has 0 aliphatic carbocycles. The molecule has 1 rings (SSSR count). The number of nitrogens with two attached hydrogens (primary N) is 1. The highest BCUT2D eigenvalue weighted by Gasteiger charge is 2.06. The molecule has 0 saturated heterocycles. The van der Waals surface area contributed by atoms with E-state index in [-0.39, 0.29) is 5.95 Å². The van der Waals surface area contributed by atoms with Gasteiger partial charge in [0.1, 0.15) is 6.54 Å². The van der Waals surface area contributed by atoms with E-state index in [2.05, 4.69) is 5.10 Å². The average molecular weight is 158 g/mol. The number of hydrogen-bond donors (Lipinski definition) is 3. The Morgan fingerprint density at radius 1 is 1.82 bits per heavy atom. The normalized spacial score (nSPS) is 9.82. The van der Waals surface area contributed by atoms with Crippen LogP contribution in [0, 0.1) is 0 Å². The molecule has 0 aliphatic rings. The predicted molar refractivity (Wildman–Crippen MR) is 34.9 cm³/mol. The van der Waals surface area contributed by atoms with Crippen LogP contribution >= 0.6 is 0 Å². The van der Waals surface area contributed by atoms with Gasteiger partial charge in [0.25, 0.3) is 0 Å². The Bertz CT molecular complexity index is 324. The molecule has 0 fully saturated rings. The monoisotopic (exact) mass is 158 g/mol. The van der Waals surface area contributed by atoms with E-state index >= 15 is 0 Å². The molecule has 0 amide bonds. The number of aliphatic carboxylic acids is 1. The summed E-state index contributed by atoms with van der Waals surface area (Å²) >= 11 is 0. The van der Waals surface area contributed by atoms with Gasteiger partial charge in [-0.2, -0.15) is 0 Å². The number of hydrogen-bond acceptors (Lipinski definition) is 4. The Morgan fingerprint density at radius 2 is 2.45 bits per heavy atom. The minimum Gasteiger partial charge on any atom is -0.480 e. The van der Waals surface area contributed by atoms with Crippen molar-refractivity contribution in [2.45, 2.75) is 6.54 Å². The molecule has 0 aliphatic heterocycles. The van der Waals surface area contributed by atoms with Crippen LogP contribution in [0.3, 0.4) is 0 Å². The van der Waals surface area contributed by atoms with E-state index in [1.165, 1.54) is 0 Å². The highest BCUT2D eigenvalue weighted by Crippen LogP contribution is 1.88. The van der Waals surface area contributed by atoms with Crippen LogP contribution in [-0.4, -0.2) is 25.8 Å². The first-order valence-electron chi connectivity index (χ1n) is 2.73. The summed E-state index contributed by atoms with van der Waals surface area (Å²) in [7, 11) is 0. The summed E-state index contributed by atoms with van der Waals surface area (Å²) < 4.78 is 0.822. The number of aromatic nitrogens is 3. The van der Waals surface area contributed by atoms with E-state index in [9.17, 15) is 9.59 Å². The fourth-order valence-electron chi connectivity index (χ4n) is 0.618. The van der Waals surface area contributed by atoms with Gasteiger partial charge in [-0.25, -0.2) is 9.89 Å². The van der Waals surface area contributed by atoms with Crippen LogP contribution in [0.1, 0.15) is 0 Å². The van der Waals surface area contributed by atoms with Crippen LogP contribution in [0.4, 0.5) is 5.95 Å². The number of H-pyrrole nitrogens is 1. The largest absolute Gasteiger partial charge is 0.480 e. The van der Waals surface area contributed by atoms with Crippen LogP contribution < -0.4 is 11.4 Å². The van der Waals surface area contributed by atoms with Crippen molar-refractivity contribution in [2.75, 3.05) is 5.73 Å². The maximum atomic E-state index is 10.7. The molecule has 1 aromatic heterocycles. The average Bonchev–Trinajstić information content (AvgIpc) is 2.18. The predicted octanol–water partition coefficient (Wildman–Crippen LogP) is -1.76. The zero-order valence-electron chi connectivity index (χ0n) is 5.44. The van der Waals surface area contributed by atoms with Crippen molar-refractivity contribution in [3.63, 3.8) is 0 Å². The number of nitrogen functional groups attached to an aromatic ring is 1. The van der Waals surface area contributed by atoms with Crippen molar-refractivity contribution >= 4 is 11.9 Å². The first-order chi connectivity index (χ1) is 5.11. The number of carboxylic acids is 1. The third-order valence-corrected chi connectivity index (χ3v) is 1.08. The number of nitrogens with zero attached hydrogens (tertiary/aromatic N) is 2. The molecule has 0 unspecified atom stereocenters. The third-order valence-electron chi connectivity index (χ3n) is 1.08. The second-order valence-corrected chi connectivity index (χ2v) is 1.87. The first kappa shape index (κ1) is 7.32. The van der Waals surface area contributed by atoms with Crippen LogP contribution in [0.15, 0.2) is 4.79 Å². The van der Waals surface area contributed by atoms with Crippen molar-refractivity contribution in [2.24, 2.45) is 0 Å². The molecule has 0 atom stereocenters. The van der Waals surface area contributed by atoms with E-state index < -0.39 is 18.2 Å². The molecular weight excluding hydrogens is 152 g/mol. The van der Waals surface area contributed by atoms with Gasteiger partial charge in [-0.15, -0.1) is 5.10 Å². The molecular formula is C4H6N4O3. The smallest absolute Gasteiger partial charge is 0.345 e. The lowest BCUT2D eigenvalue weighted by atomic mass is 10.6. The van der Waals surface area contributed by atoms with Gasteiger partial charge >= 0.3 is 11.7 Å². The lowest BCUT2D eigenvalue weighted by Gasteiger charge is -1.94. The minimum absolute atomic E-state index is 0.127. The van der Waals surface area contributed by atoms with E-state index in [4.69, 9.17) is 10.8 Å². The maximum absolute atomic E-state index is 10.7. The molecule has 0 aromatic carbocycles. The molecule has 11 heavy (non-hydrogen) atoms. The Labute approximate surface area is 60.4 Å². The van der Waals surface area contributed by atoms with Crippen molar-refractivity contribution in [1.29, 1.82) is 0 Å². The van der Waals surface area contributed by atoms with Crippen molar-refractivity contribution < 1.29 is 9.90 Å². The minimum atomic E-state index is -1.14. The Kier molecular flexibility index (Phi) is 1.63. The number of carbonyl (C=O) groups is 1. The maximum Gasteiger partial charge on any atom is 0.345 e. The fraction of sp³-hybridized carbons (Fsp3) is 0.250. The summed E-state index contributed by atoms with van der Waals surface area (Å²) in [4.78, 5) is 20.8. The van der Waals surface area contributed by atoms with E-state index in [1.807, 2.05) is 5.10 Å². The molecule has 4 N–H and O–H groups in total. The zero-order valence-corrected chi connectivity index (χ0v) is 5.44. The number of rotatable bonds is 2. The molecule has 7 heteroatoms. The molecule has 0 saturated carbocycles. The number of anilines is 1. The van der Waals surface area contributed by atoms with E-state index in [0.717, 1.165) is 4.57 Å². The molecule has 0 spiro atoms. The summed E-state index contributed by atoms with van der Waals surface area (Å²) in [5, 5.41) is 13.6. The van der Waals surface area contributed by atoms with E-state index in [1.54, 1.807) is 0 Å². The SMILES string of the molecule is Nc1n[nH]c(=O)n1CC(=O)O. The second-order valence-electron chi connectivity index (χ2n) is 1.87. The summed E-state index contributed by atoms with van der Waals surface area (Å²) in [6, 6.07) is 0. The summed E-state index contributed by atoms with van der Waals surface area (Å²) in [5.41, 5.74) is 4.53. The summed E-state index contributed by atoms with van der Waals surface area (Å²) in [6.45, 7) is -0.471. The number of carboxylic acid groups (broad SMARTS) is 1. The lowest BCUT2D eigenvalue weighted by Crippen LogP contribution is -2.22. The quantitative estimate of drug-likeness (QED) is 0.471. The summed E-state index contributed by atoms with van der Waals surface area (Å²) in [6.07, 6.45) is 0. The highest BCUT2D eigenvalue weighted by atomic mass is 16.4. The first-order valence-corrected chi connectivity index (χ1v) is 2.73. The highest BCUT2D eigenvalue weighted by molar-refractivity contribution is 5.66. The third kappa shape index (κ3) is 1.37. The molecule has 0 radical (unpaired) electrons. The van der Waals surface area contributed by atoms with Crippen molar-refractivity contribution in [3.8, 4) is 0 Å². The van der Waals surface area contributed by atoms with Gasteiger partial charge in [0.05, 0.1) is 0 Å². The summed E-state index contributed by atoms with van der Waals surface area (Å²) in [5.74, 6) is -1.27. The Hall–Kier alpha value is -1.79. The van der Waals surface area contributed by atoms with Gasteiger partial charge in [0.15, 0.2) is 0 Å². The van der Waals surface area contributed by atoms with Crippen LogP contribution in [0.2, 0.25) is 0 Å². The standard InChI is InChI=1S/C4H6N4O3/c5-3-6-7-4(11)8(3)1-2(9)10/h1H2,(H2,5,6)(H,7,11)(H,9,10). The molecule has 7 nitrogen and oxygen atoms in total. The van der Waals surface area contributed by atoms with Crippen LogP contribution in [-0.2, 0) is 11.3 Å². The van der Waals surface area contributed by atoms with Gasteiger partial charge in [-0.05, 0) is 0 Å². The van der Waals surface area contributed by atoms with E-state index in [0.29, 0.717) is 0 Å². The topological polar surface area (TPSA) is 114 Å². The van der Waals surface area contributed by atoms with Gasteiger partial charge in [-0.3, -0.25) is 9.36 Å². The van der Waals surface area contributed by atoms with Crippen molar-refractivity contribution in [1.82, 2.24) is 14.8 Å². The zero-order chi connectivity index (χ0) is 8.43.